The fraction of sp³-hybridized carbons (Fsp3) is 0.250. The molecule has 0 atom stereocenters. The highest BCUT2D eigenvalue weighted by molar-refractivity contribution is 6.02. The first kappa shape index (κ1) is 15.5. The van der Waals surface area contributed by atoms with Gasteiger partial charge in [0.15, 0.2) is 0 Å². The summed E-state index contributed by atoms with van der Waals surface area (Å²) in [5.41, 5.74) is 3.47. The van der Waals surface area contributed by atoms with E-state index < -0.39 is 0 Å². The maximum absolute atomic E-state index is 5.11. The Balaban J connectivity index is 2.05. The van der Waals surface area contributed by atoms with Crippen LogP contribution in [-0.2, 0) is 4.74 Å². The fourth-order valence-corrected chi connectivity index (χ4v) is 2.91. The Labute approximate surface area is 137 Å². The van der Waals surface area contributed by atoms with Gasteiger partial charge in [-0.15, -0.1) is 0 Å². The van der Waals surface area contributed by atoms with E-state index in [-0.39, 0.29) is 0 Å². The number of methoxy groups -OCH3 is 1. The monoisotopic (exact) mass is 306 g/mol. The number of fused-ring (bicyclic) bond motifs is 1. The zero-order chi connectivity index (χ0) is 16.1. The molecular weight excluding hydrogens is 284 g/mol. The second-order valence-corrected chi connectivity index (χ2v) is 5.61. The van der Waals surface area contributed by atoms with E-state index in [0.717, 1.165) is 36.5 Å². The molecule has 0 saturated carbocycles. The molecule has 23 heavy (non-hydrogen) atoms. The highest BCUT2D eigenvalue weighted by Gasteiger charge is 2.12. The molecule has 0 aliphatic carbocycles. The average Bonchev–Trinajstić information content (AvgIpc) is 2.59. The molecule has 0 amide bonds. The summed E-state index contributed by atoms with van der Waals surface area (Å²) in [4.78, 5) is 4.82. The van der Waals surface area contributed by atoms with E-state index in [0.29, 0.717) is 0 Å². The Morgan fingerprint density at radius 1 is 0.957 bits per heavy atom. The van der Waals surface area contributed by atoms with E-state index in [4.69, 9.17) is 9.72 Å². The van der Waals surface area contributed by atoms with Gasteiger partial charge in [0.2, 0.25) is 0 Å². The molecule has 3 aromatic rings. The van der Waals surface area contributed by atoms with E-state index in [1.165, 1.54) is 16.5 Å². The fourth-order valence-electron chi connectivity index (χ4n) is 2.91. The summed E-state index contributed by atoms with van der Waals surface area (Å²) in [7, 11) is 1.73. The van der Waals surface area contributed by atoms with Gasteiger partial charge in [-0.25, -0.2) is 4.98 Å². The molecule has 0 fully saturated rings. The van der Waals surface area contributed by atoms with Crippen LogP contribution < -0.4 is 5.32 Å². The minimum Gasteiger partial charge on any atom is -0.385 e. The third kappa shape index (κ3) is 3.35. The van der Waals surface area contributed by atoms with Gasteiger partial charge < -0.3 is 10.1 Å². The maximum atomic E-state index is 5.11. The second-order valence-electron chi connectivity index (χ2n) is 5.61. The number of ether oxygens (including phenoxy) is 1. The van der Waals surface area contributed by atoms with Crippen molar-refractivity contribution in [1.29, 1.82) is 0 Å². The van der Waals surface area contributed by atoms with Crippen molar-refractivity contribution in [2.24, 2.45) is 0 Å². The van der Waals surface area contributed by atoms with Gasteiger partial charge in [-0.3, -0.25) is 0 Å². The van der Waals surface area contributed by atoms with E-state index >= 15 is 0 Å². The summed E-state index contributed by atoms with van der Waals surface area (Å²) in [6.45, 7) is 3.69. The maximum Gasteiger partial charge on any atom is 0.134 e. The van der Waals surface area contributed by atoms with Crippen molar-refractivity contribution >= 4 is 16.6 Å². The summed E-state index contributed by atoms with van der Waals surface area (Å²) in [5.74, 6) is 0.953. The van der Waals surface area contributed by atoms with Crippen LogP contribution in [0.5, 0.6) is 0 Å². The van der Waals surface area contributed by atoms with Crippen molar-refractivity contribution in [3.05, 3.63) is 60.3 Å². The van der Waals surface area contributed by atoms with E-state index in [1.807, 2.05) is 6.07 Å². The quantitative estimate of drug-likeness (QED) is 0.673. The third-order valence-electron chi connectivity index (χ3n) is 3.97. The first-order valence-electron chi connectivity index (χ1n) is 7.99. The zero-order valence-corrected chi connectivity index (χ0v) is 13.7. The van der Waals surface area contributed by atoms with Gasteiger partial charge in [-0.1, -0.05) is 54.6 Å². The standard InChI is InChI=1S/C20H22N2O/c1-15-19(16-9-4-3-5-10-16)17-11-6-7-12-18(17)20(22-15)21-13-8-14-23-2/h3-7,9-12H,8,13-14H2,1-2H3,(H,21,22). The van der Waals surface area contributed by atoms with Crippen LogP contribution in [0, 0.1) is 6.92 Å². The van der Waals surface area contributed by atoms with Gasteiger partial charge >= 0.3 is 0 Å². The van der Waals surface area contributed by atoms with Crippen LogP contribution in [0.2, 0.25) is 0 Å². The van der Waals surface area contributed by atoms with Crippen molar-refractivity contribution < 1.29 is 4.74 Å². The van der Waals surface area contributed by atoms with Crippen LogP contribution in [0.3, 0.4) is 0 Å². The zero-order valence-electron chi connectivity index (χ0n) is 13.7. The molecular formula is C20H22N2O. The van der Waals surface area contributed by atoms with Crippen molar-refractivity contribution in [2.45, 2.75) is 13.3 Å². The van der Waals surface area contributed by atoms with Crippen molar-refractivity contribution in [3.63, 3.8) is 0 Å². The number of nitrogens with zero attached hydrogens (tertiary/aromatic N) is 1. The molecule has 3 nitrogen and oxygen atoms in total. The number of hydrogen-bond donors (Lipinski definition) is 1. The second kappa shape index (κ2) is 7.25. The highest BCUT2D eigenvalue weighted by Crippen LogP contribution is 2.34. The molecule has 118 valence electrons. The molecule has 0 saturated heterocycles. The Morgan fingerprint density at radius 3 is 2.39 bits per heavy atom. The van der Waals surface area contributed by atoms with Gasteiger partial charge in [-0.05, 0) is 24.3 Å². The molecule has 3 heteroatoms. The molecule has 0 radical (unpaired) electrons. The molecule has 0 spiro atoms. The number of anilines is 1. The summed E-state index contributed by atoms with van der Waals surface area (Å²) in [6.07, 6.45) is 0.964. The van der Waals surface area contributed by atoms with E-state index in [1.54, 1.807) is 7.11 Å². The van der Waals surface area contributed by atoms with Gasteiger partial charge in [0.05, 0.1) is 0 Å². The van der Waals surface area contributed by atoms with Crippen LogP contribution >= 0.6 is 0 Å². The largest absolute Gasteiger partial charge is 0.385 e. The molecule has 0 unspecified atom stereocenters. The van der Waals surface area contributed by atoms with Crippen LogP contribution in [-0.4, -0.2) is 25.2 Å². The number of hydrogen-bond acceptors (Lipinski definition) is 3. The number of rotatable bonds is 6. The van der Waals surface area contributed by atoms with Crippen molar-refractivity contribution in [1.82, 2.24) is 4.98 Å². The average molecular weight is 306 g/mol. The lowest BCUT2D eigenvalue weighted by Gasteiger charge is -2.15. The topological polar surface area (TPSA) is 34.1 Å². The summed E-state index contributed by atoms with van der Waals surface area (Å²) >= 11 is 0. The van der Waals surface area contributed by atoms with Crippen LogP contribution in [0.4, 0.5) is 5.82 Å². The highest BCUT2D eigenvalue weighted by atomic mass is 16.5. The number of benzene rings is 2. The Hall–Kier alpha value is -2.39. The molecule has 0 bridgehead atoms. The Bertz CT molecular complexity index is 784. The predicted octanol–water partition coefficient (Wildman–Crippen LogP) is 4.66. The van der Waals surface area contributed by atoms with Gasteiger partial charge in [0, 0.05) is 36.9 Å². The Morgan fingerprint density at radius 2 is 1.65 bits per heavy atom. The third-order valence-corrected chi connectivity index (χ3v) is 3.97. The number of aromatic nitrogens is 1. The molecule has 1 aromatic heterocycles. The van der Waals surface area contributed by atoms with Crippen molar-refractivity contribution in [3.8, 4) is 11.1 Å². The normalized spacial score (nSPS) is 10.9. The summed E-state index contributed by atoms with van der Waals surface area (Å²) in [5, 5.41) is 5.85. The van der Waals surface area contributed by atoms with Crippen LogP contribution in [0.1, 0.15) is 12.1 Å². The molecule has 1 heterocycles. The van der Waals surface area contributed by atoms with Gasteiger partial charge in [0.25, 0.3) is 0 Å². The van der Waals surface area contributed by atoms with Crippen LogP contribution in [0.25, 0.3) is 21.9 Å². The van der Waals surface area contributed by atoms with Crippen LogP contribution in [0.15, 0.2) is 54.6 Å². The predicted molar refractivity (Wildman–Crippen MR) is 96.9 cm³/mol. The molecule has 0 aliphatic rings. The molecule has 0 aliphatic heterocycles. The SMILES string of the molecule is COCCCNc1nc(C)c(-c2ccccc2)c2ccccc12. The van der Waals surface area contributed by atoms with E-state index in [2.05, 4.69) is 60.8 Å². The first-order chi connectivity index (χ1) is 11.3. The molecule has 2 aromatic carbocycles. The van der Waals surface area contributed by atoms with Gasteiger partial charge in [-0.2, -0.15) is 0 Å². The smallest absolute Gasteiger partial charge is 0.134 e. The lowest BCUT2D eigenvalue weighted by molar-refractivity contribution is 0.198. The number of aryl methyl sites for hydroxylation is 1. The molecule has 3 rings (SSSR count). The summed E-state index contributed by atoms with van der Waals surface area (Å²) < 4.78 is 5.11. The number of nitrogens with one attached hydrogen (secondary N) is 1. The number of pyridine rings is 1. The lowest BCUT2D eigenvalue weighted by atomic mass is 9.97. The Kier molecular flexibility index (Phi) is 4.89. The summed E-state index contributed by atoms with van der Waals surface area (Å²) in [6, 6.07) is 18.9. The minimum atomic E-state index is 0.756. The van der Waals surface area contributed by atoms with Gasteiger partial charge in [0.1, 0.15) is 5.82 Å². The minimum absolute atomic E-state index is 0.756. The first-order valence-corrected chi connectivity index (χ1v) is 7.99. The van der Waals surface area contributed by atoms with E-state index in [9.17, 15) is 0 Å². The lowest BCUT2D eigenvalue weighted by Crippen LogP contribution is -2.07. The van der Waals surface area contributed by atoms with Crippen molar-refractivity contribution in [2.75, 3.05) is 25.6 Å². The molecule has 1 N–H and O–H groups in total.